The summed E-state index contributed by atoms with van der Waals surface area (Å²) in [5.41, 5.74) is 1.37. The van der Waals surface area contributed by atoms with Crippen LogP contribution in [0.4, 0.5) is 11.4 Å². The first-order valence-corrected chi connectivity index (χ1v) is 17.1. The van der Waals surface area contributed by atoms with Crippen LogP contribution in [-0.4, -0.2) is 54.5 Å². The highest BCUT2D eigenvalue weighted by molar-refractivity contribution is 5.96. The zero-order valence-electron chi connectivity index (χ0n) is 27.4. The van der Waals surface area contributed by atoms with Gasteiger partial charge in [-0.25, -0.2) is 0 Å². The van der Waals surface area contributed by atoms with Gasteiger partial charge in [0.25, 0.3) is 5.56 Å². The molecule has 9 nitrogen and oxygen atoms in total. The van der Waals surface area contributed by atoms with Crippen LogP contribution < -0.4 is 15.4 Å². The number of methoxy groups -OCH3 is 1. The van der Waals surface area contributed by atoms with Gasteiger partial charge in [-0.3, -0.25) is 19.4 Å². The third-order valence-corrected chi connectivity index (χ3v) is 9.03. The molecule has 9 heteroatoms. The van der Waals surface area contributed by atoms with Gasteiger partial charge in [0.15, 0.2) is 0 Å². The van der Waals surface area contributed by atoms with Crippen LogP contribution in [0, 0.1) is 5.92 Å². The third kappa shape index (κ3) is 10.3. The Kier molecular flexibility index (Phi) is 14.3. The monoisotopic (exact) mass is 630 g/mol. The van der Waals surface area contributed by atoms with Gasteiger partial charge in [0, 0.05) is 55.3 Å². The van der Waals surface area contributed by atoms with E-state index in [0.29, 0.717) is 25.2 Å². The van der Waals surface area contributed by atoms with Gasteiger partial charge in [-0.2, -0.15) is 0 Å². The lowest BCUT2D eigenvalue weighted by Gasteiger charge is -2.36. The van der Waals surface area contributed by atoms with Crippen LogP contribution in [0.15, 0.2) is 59.8 Å². The third-order valence-electron chi connectivity index (χ3n) is 9.03. The molecule has 0 bridgehead atoms. The number of benzene rings is 1. The molecule has 1 saturated heterocycles. The Morgan fingerprint density at radius 3 is 2.35 bits per heavy atom. The fourth-order valence-corrected chi connectivity index (χ4v) is 6.43. The Labute approximate surface area is 272 Å². The molecule has 3 aromatic rings. The number of carbonyl (C=O) groups excluding carboxylic acids is 3. The molecular formula is C37H50N4O5. The minimum Gasteiger partial charge on any atom is -0.468 e. The minimum atomic E-state index is -0.512. The maximum Gasteiger partial charge on any atom is 0.325 e. The number of ether oxygens (including phenoxy) is 1. The lowest BCUT2D eigenvalue weighted by molar-refractivity contribution is -0.141. The van der Waals surface area contributed by atoms with Crippen molar-refractivity contribution in [2.75, 3.05) is 36.5 Å². The molecule has 0 spiro atoms. The zero-order valence-corrected chi connectivity index (χ0v) is 27.4. The first-order chi connectivity index (χ1) is 22.5. The van der Waals surface area contributed by atoms with E-state index in [4.69, 9.17) is 4.74 Å². The second-order valence-electron chi connectivity index (χ2n) is 12.4. The summed E-state index contributed by atoms with van der Waals surface area (Å²) in [6.07, 6.45) is 21.3. The van der Waals surface area contributed by atoms with Gasteiger partial charge in [0.2, 0.25) is 5.91 Å². The lowest BCUT2D eigenvalue weighted by Crippen LogP contribution is -2.45. The first-order valence-electron chi connectivity index (χ1n) is 17.1. The molecule has 1 aromatic carbocycles. The van der Waals surface area contributed by atoms with E-state index >= 15 is 0 Å². The van der Waals surface area contributed by atoms with Crippen molar-refractivity contribution in [3.8, 4) is 0 Å². The number of amides is 1. The minimum absolute atomic E-state index is 0.0503. The quantitative estimate of drug-likeness (QED) is 0.0825. The largest absolute Gasteiger partial charge is 0.468 e. The van der Waals surface area contributed by atoms with Crippen LogP contribution in [-0.2, 0) is 25.7 Å². The predicted octanol–water partition coefficient (Wildman–Crippen LogP) is 6.70. The average Bonchev–Trinajstić information content (AvgIpc) is 3.09. The van der Waals surface area contributed by atoms with Crippen LogP contribution in [0.1, 0.15) is 89.9 Å². The molecule has 1 atom stereocenters. The Morgan fingerprint density at radius 2 is 1.63 bits per heavy atom. The summed E-state index contributed by atoms with van der Waals surface area (Å²) in [6.45, 7) is 1.82. The summed E-state index contributed by atoms with van der Waals surface area (Å²) in [4.78, 5) is 57.8. The molecule has 0 radical (unpaired) electrons. The molecule has 1 amide bonds. The average molecular weight is 631 g/mol. The van der Waals surface area contributed by atoms with E-state index in [1.165, 1.54) is 56.3 Å². The maximum absolute atomic E-state index is 14.3. The molecule has 0 saturated carbocycles. The summed E-state index contributed by atoms with van der Waals surface area (Å²) in [5.74, 6) is -0.664. The summed E-state index contributed by atoms with van der Waals surface area (Å²) in [5, 5.41) is 2.21. The molecule has 2 aromatic heterocycles. The summed E-state index contributed by atoms with van der Waals surface area (Å²) in [6, 6.07) is 11.3. The number of carbonyl (C=O) groups is 3. The van der Waals surface area contributed by atoms with Crippen LogP contribution in [0.5, 0.6) is 0 Å². The van der Waals surface area contributed by atoms with E-state index < -0.39 is 5.97 Å². The Balaban J connectivity index is 1.38. The van der Waals surface area contributed by atoms with Gasteiger partial charge in [0.1, 0.15) is 12.8 Å². The van der Waals surface area contributed by atoms with Crippen molar-refractivity contribution in [3.63, 3.8) is 0 Å². The molecule has 0 N–H and O–H groups in total. The van der Waals surface area contributed by atoms with Gasteiger partial charge in [-0.15, -0.1) is 0 Å². The number of aldehydes is 1. The highest BCUT2D eigenvalue weighted by Crippen LogP contribution is 2.31. The molecule has 3 heterocycles. The Bertz CT molecular complexity index is 1470. The number of rotatable bonds is 19. The number of aromatic nitrogens is 2. The van der Waals surface area contributed by atoms with Crippen molar-refractivity contribution in [1.29, 1.82) is 0 Å². The van der Waals surface area contributed by atoms with Crippen molar-refractivity contribution < 1.29 is 19.1 Å². The summed E-state index contributed by atoms with van der Waals surface area (Å²) < 4.78 is 6.11. The zero-order chi connectivity index (χ0) is 32.6. The van der Waals surface area contributed by atoms with E-state index in [1.54, 1.807) is 12.3 Å². The molecular weight excluding hydrogens is 580 g/mol. The van der Waals surface area contributed by atoms with Gasteiger partial charge < -0.3 is 23.9 Å². The number of anilines is 2. The molecule has 4 rings (SSSR count). The van der Waals surface area contributed by atoms with Crippen LogP contribution in [0.25, 0.3) is 10.8 Å². The second-order valence-corrected chi connectivity index (χ2v) is 12.4. The van der Waals surface area contributed by atoms with Gasteiger partial charge in [-0.05, 0) is 31.7 Å². The van der Waals surface area contributed by atoms with Crippen LogP contribution >= 0.6 is 0 Å². The number of unbranched alkanes of at least 4 members (excludes halogenated alkanes) is 11. The lowest BCUT2D eigenvalue weighted by atomic mass is 9.95. The van der Waals surface area contributed by atoms with Crippen molar-refractivity contribution in [2.24, 2.45) is 5.92 Å². The number of piperidine rings is 1. The molecule has 1 aliphatic rings. The van der Waals surface area contributed by atoms with E-state index in [2.05, 4.69) is 22.0 Å². The fourth-order valence-electron chi connectivity index (χ4n) is 6.43. The van der Waals surface area contributed by atoms with Gasteiger partial charge >= 0.3 is 5.97 Å². The molecule has 0 unspecified atom stereocenters. The summed E-state index contributed by atoms with van der Waals surface area (Å²) >= 11 is 0. The topological polar surface area (TPSA) is 102 Å². The molecule has 46 heavy (non-hydrogen) atoms. The Hall–Kier alpha value is -4.01. The Morgan fingerprint density at radius 1 is 0.935 bits per heavy atom. The van der Waals surface area contributed by atoms with Crippen molar-refractivity contribution in [1.82, 2.24) is 9.55 Å². The van der Waals surface area contributed by atoms with E-state index in [-0.39, 0.29) is 23.9 Å². The first kappa shape index (κ1) is 34.9. The molecule has 1 fully saturated rings. The van der Waals surface area contributed by atoms with E-state index in [1.807, 2.05) is 29.4 Å². The number of hydrogen-bond donors (Lipinski definition) is 0. The molecule has 0 aliphatic carbocycles. The smallest absolute Gasteiger partial charge is 0.325 e. The van der Waals surface area contributed by atoms with E-state index in [9.17, 15) is 19.2 Å². The van der Waals surface area contributed by atoms with Crippen molar-refractivity contribution >= 4 is 40.3 Å². The SMILES string of the molecule is COC(=O)Cn1cc(N(CCCCCCCCCCCCCC=O)C(=O)[C@H]2CCCN(c3cncc4ccccc34)C2)ccc1=O. The van der Waals surface area contributed by atoms with Gasteiger partial charge in [-0.1, -0.05) is 82.1 Å². The number of fused-ring (bicyclic) bond motifs is 1. The van der Waals surface area contributed by atoms with Crippen molar-refractivity contribution in [3.05, 3.63) is 65.3 Å². The van der Waals surface area contributed by atoms with Crippen LogP contribution in [0.2, 0.25) is 0 Å². The normalized spacial score (nSPS) is 14.7. The number of pyridine rings is 2. The van der Waals surface area contributed by atoms with Crippen LogP contribution in [0.3, 0.4) is 0 Å². The fraction of sp³-hybridized carbons (Fsp3) is 0.541. The maximum atomic E-state index is 14.3. The van der Waals surface area contributed by atoms with Gasteiger partial charge in [0.05, 0.1) is 30.6 Å². The second kappa shape index (κ2) is 18.8. The number of hydrogen-bond acceptors (Lipinski definition) is 7. The number of esters is 1. The highest BCUT2D eigenvalue weighted by Gasteiger charge is 2.31. The number of nitrogens with zero attached hydrogens (tertiary/aromatic N) is 4. The molecule has 1 aliphatic heterocycles. The van der Waals surface area contributed by atoms with Crippen molar-refractivity contribution in [2.45, 2.75) is 96.4 Å². The molecule has 248 valence electrons. The highest BCUT2D eigenvalue weighted by atomic mass is 16.5. The standard InChI is InChI=1S/C37H50N4O5/c1-46-36(44)29-40-28-32(20-21-35(40)43)41(23-14-10-8-6-4-2-3-5-7-9-11-15-24-42)37(45)31-18-16-22-39(27-31)34-26-38-25-30-17-12-13-19-33(30)34/h12-13,17,19-21,24-26,28,31H,2-11,14-16,18,22-23,27,29H2,1H3/t31-/m0/s1. The summed E-state index contributed by atoms with van der Waals surface area (Å²) in [7, 11) is 1.30. The predicted molar refractivity (Wildman–Crippen MR) is 183 cm³/mol. The van der Waals surface area contributed by atoms with E-state index in [0.717, 1.165) is 74.2 Å².